The molecule has 0 aromatic heterocycles. The zero-order valence-electron chi connectivity index (χ0n) is 19.3. The fourth-order valence-electron chi connectivity index (χ4n) is 4.34. The molecule has 7 heteroatoms. The lowest BCUT2D eigenvalue weighted by Crippen LogP contribution is -2.50. The molecule has 4 rings (SSSR count). The van der Waals surface area contributed by atoms with Gasteiger partial charge in [0.05, 0.1) is 12.7 Å². The maximum Gasteiger partial charge on any atom is 0.260 e. The van der Waals surface area contributed by atoms with Crippen molar-refractivity contribution in [3.05, 3.63) is 65.7 Å². The minimum Gasteiger partial charge on any atom is -0.484 e. The Morgan fingerprint density at radius 2 is 1.73 bits per heavy atom. The van der Waals surface area contributed by atoms with Crippen LogP contribution in [0.3, 0.4) is 0 Å². The molecule has 2 aliphatic rings. The maximum atomic E-state index is 12.9. The number of para-hydroxylation sites is 1. The van der Waals surface area contributed by atoms with Crippen molar-refractivity contribution in [3.63, 3.8) is 0 Å². The van der Waals surface area contributed by atoms with Crippen LogP contribution < -0.4 is 4.74 Å². The zero-order valence-corrected chi connectivity index (χ0v) is 19.3. The second-order valence-electron chi connectivity index (χ2n) is 8.75. The van der Waals surface area contributed by atoms with E-state index in [2.05, 4.69) is 4.90 Å². The van der Waals surface area contributed by atoms with E-state index in [1.807, 2.05) is 71.3 Å². The Balaban J connectivity index is 1.24. The van der Waals surface area contributed by atoms with Crippen LogP contribution >= 0.6 is 0 Å². The second kappa shape index (κ2) is 11.3. The van der Waals surface area contributed by atoms with E-state index in [-0.39, 0.29) is 24.5 Å². The van der Waals surface area contributed by atoms with E-state index in [1.165, 1.54) is 0 Å². The summed E-state index contributed by atoms with van der Waals surface area (Å²) in [6.45, 7) is 7.73. The molecule has 2 amide bonds. The van der Waals surface area contributed by atoms with Gasteiger partial charge in [-0.1, -0.05) is 35.9 Å². The molecule has 0 radical (unpaired) electrons. The summed E-state index contributed by atoms with van der Waals surface area (Å²) >= 11 is 0. The van der Waals surface area contributed by atoms with Crippen LogP contribution in [0.2, 0.25) is 0 Å². The first-order chi connectivity index (χ1) is 16.1. The standard InChI is InChI=1S/C26H33N3O4/c1-21-8-10-22(11-9-21)26(31)29-16-17-32-24(19-29)18-27-12-5-13-28(15-14-27)25(30)20-33-23-6-3-2-4-7-23/h2-4,6-11,24H,5,12-20H2,1H3. The fraction of sp³-hybridized carbons (Fsp3) is 0.462. The number of benzene rings is 2. The van der Waals surface area contributed by atoms with Crippen LogP contribution in [0, 0.1) is 6.92 Å². The summed E-state index contributed by atoms with van der Waals surface area (Å²) in [7, 11) is 0. The van der Waals surface area contributed by atoms with Crippen molar-refractivity contribution in [2.75, 3.05) is 59.0 Å². The number of nitrogens with zero attached hydrogens (tertiary/aromatic N) is 3. The molecule has 0 N–H and O–H groups in total. The number of hydrogen-bond acceptors (Lipinski definition) is 5. The van der Waals surface area contributed by atoms with Gasteiger partial charge in [0.15, 0.2) is 6.61 Å². The molecule has 0 aliphatic carbocycles. The molecule has 2 fully saturated rings. The van der Waals surface area contributed by atoms with Crippen LogP contribution in [0.5, 0.6) is 5.75 Å². The van der Waals surface area contributed by atoms with Gasteiger partial charge in [-0.3, -0.25) is 14.5 Å². The fourth-order valence-corrected chi connectivity index (χ4v) is 4.34. The molecule has 2 aromatic carbocycles. The molecule has 2 aliphatic heterocycles. The van der Waals surface area contributed by atoms with E-state index in [4.69, 9.17) is 9.47 Å². The molecule has 7 nitrogen and oxygen atoms in total. The smallest absolute Gasteiger partial charge is 0.260 e. The van der Waals surface area contributed by atoms with Gasteiger partial charge in [0.1, 0.15) is 5.75 Å². The Morgan fingerprint density at radius 1 is 0.939 bits per heavy atom. The topological polar surface area (TPSA) is 62.3 Å². The number of rotatable bonds is 6. The first kappa shape index (κ1) is 23.3. The Kier molecular flexibility index (Phi) is 7.96. The molecular weight excluding hydrogens is 418 g/mol. The predicted octanol–water partition coefficient (Wildman–Crippen LogP) is 2.45. The SMILES string of the molecule is Cc1ccc(C(=O)N2CCOC(CN3CCCN(C(=O)COc4ccccc4)CC3)C2)cc1. The molecule has 33 heavy (non-hydrogen) atoms. The van der Waals surface area contributed by atoms with Crippen LogP contribution in [0.1, 0.15) is 22.3 Å². The first-order valence-electron chi connectivity index (χ1n) is 11.7. The van der Waals surface area contributed by atoms with Crippen molar-refractivity contribution in [1.29, 1.82) is 0 Å². The number of morpholine rings is 1. The van der Waals surface area contributed by atoms with Crippen molar-refractivity contribution < 1.29 is 19.1 Å². The van der Waals surface area contributed by atoms with Crippen LogP contribution in [-0.2, 0) is 9.53 Å². The molecule has 0 saturated carbocycles. The number of carbonyl (C=O) groups is 2. The van der Waals surface area contributed by atoms with Gasteiger partial charge < -0.3 is 19.3 Å². The highest BCUT2D eigenvalue weighted by Crippen LogP contribution is 2.14. The van der Waals surface area contributed by atoms with Crippen LogP contribution in [0.25, 0.3) is 0 Å². The third kappa shape index (κ3) is 6.55. The highest BCUT2D eigenvalue weighted by Gasteiger charge is 2.28. The third-order valence-electron chi connectivity index (χ3n) is 6.23. The molecule has 2 heterocycles. The van der Waals surface area contributed by atoms with Crippen molar-refractivity contribution in [2.45, 2.75) is 19.4 Å². The lowest BCUT2D eigenvalue weighted by Gasteiger charge is -2.35. The summed E-state index contributed by atoms with van der Waals surface area (Å²) in [4.78, 5) is 31.6. The van der Waals surface area contributed by atoms with Crippen LogP contribution in [0.4, 0.5) is 0 Å². The Bertz CT molecular complexity index is 919. The summed E-state index contributed by atoms with van der Waals surface area (Å²) in [6.07, 6.45) is 0.896. The third-order valence-corrected chi connectivity index (χ3v) is 6.23. The summed E-state index contributed by atoms with van der Waals surface area (Å²) in [6, 6.07) is 17.2. The van der Waals surface area contributed by atoms with Gasteiger partial charge in [-0.2, -0.15) is 0 Å². The van der Waals surface area contributed by atoms with Gasteiger partial charge in [0, 0.05) is 44.8 Å². The van der Waals surface area contributed by atoms with Crippen molar-refractivity contribution in [3.8, 4) is 5.75 Å². The van der Waals surface area contributed by atoms with Gasteiger partial charge in [-0.15, -0.1) is 0 Å². The predicted molar refractivity (Wildman–Crippen MR) is 126 cm³/mol. The highest BCUT2D eigenvalue weighted by atomic mass is 16.5. The van der Waals surface area contributed by atoms with Crippen molar-refractivity contribution >= 4 is 11.8 Å². The molecule has 1 atom stereocenters. The Hall–Kier alpha value is -2.90. The highest BCUT2D eigenvalue weighted by molar-refractivity contribution is 5.94. The van der Waals surface area contributed by atoms with Gasteiger partial charge in [-0.05, 0) is 44.2 Å². The van der Waals surface area contributed by atoms with E-state index in [1.54, 1.807) is 0 Å². The minimum atomic E-state index is -0.0168. The van der Waals surface area contributed by atoms with Crippen molar-refractivity contribution in [2.24, 2.45) is 0 Å². The van der Waals surface area contributed by atoms with Crippen LogP contribution in [0.15, 0.2) is 54.6 Å². The van der Waals surface area contributed by atoms with Crippen LogP contribution in [-0.4, -0.2) is 91.6 Å². The molecule has 176 valence electrons. The molecule has 1 unspecified atom stereocenters. The van der Waals surface area contributed by atoms with Crippen molar-refractivity contribution in [1.82, 2.24) is 14.7 Å². The molecule has 0 spiro atoms. The van der Waals surface area contributed by atoms with Gasteiger partial charge in [-0.25, -0.2) is 0 Å². The Morgan fingerprint density at radius 3 is 2.52 bits per heavy atom. The quantitative estimate of drug-likeness (QED) is 0.675. The van der Waals surface area contributed by atoms with E-state index in [0.29, 0.717) is 32.0 Å². The normalized spacial score (nSPS) is 19.7. The number of hydrogen-bond donors (Lipinski definition) is 0. The lowest BCUT2D eigenvalue weighted by molar-refractivity contribution is -0.133. The average Bonchev–Trinajstić information content (AvgIpc) is 3.09. The summed E-state index contributed by atoms with van der Waals surface area (Å²) in [5, 5.41) is 0. The molecule has 0 bridgehead atoms. The van der Waals surface area contributed by atoms with E-state index >= 15 is 0 Å². The zero-order chi connectivity index (χ0) is 23.0. The molecule has 2 saturated heterocycles. The monoisotopic (exact) mass is 451 g/mol. The Labute approximate surface area is 195 Å². The lowest BCUT2D eigenvalue weighted by atomic mass is 10.1. The first-order valence-corrected chi connectivity index (χ1v) is 11.7. The minimum absolute atomic E-state index is 0.0168. The van der Waals surface area contributed by atoms with E-state index in [9.17, 15) is 9.59 Å². The number of aryl methyl sites for hydroxylation is 1. The average molecular weight is 452 g/mol. The summed E-state index contributed by atoms with van der Waals surface area (Å²) in [5.41, 5.74) is 1.87. The van der Waals surface area contributed by atoms with E-state index < -0.39 is 0 Å². The van der Waals surface area contributed by atoms with Gasteiger partial charge in [0.25, 0.3) is 11.8 Å². The summed E-state index contributed by atoms with van der Waals surface area (Å²) in [5.74, 6) is 0.792. The molecule has 2 aromatic rings. The van der Waals surface area contributed by atoms with Gasteiger partial charge >= 0.3 is 0 Å². The van der Waals surface area contributed by atoms with E-state index in [0.717, 1.165) is 43.7 Å². The number of amides is 2. The maximum absolute atomic E-state index is 12.9. The van der Waals surface area contributed by atoms with Gasteiger partial charge in [0.2, 0.25) is 0 Å². The second-order valence-corrected chi connectivity index (χ2v) is 8.75. The molecular formula is C26H33N3O4. The number of ether oxygens (including phenoxy) is 2. The summed E-state index contributed by atoms with van der Waals surface area (Å²) < 4.78 is 11.6. The largest absolute Gasteiger partial charge is 0.484 e. The number of carbonyl (C=O) groups excluding carboxylic acids is 2.